The number of aromatic nitrogens is 2. The Morgan fingerprint density at radius 3 is 2.41 bits per heavy atom. The summed E-state index contributed by atoms with van der Waals surface area (Å²) in [5.74, 6) is 1.60. The average Bonchev–Trinajstić information content (AvgIpc) is 3.12. The number of imidazole rings is 1. The minimum Gasteiger partial charge on any atom is -0.478 e. The van der Waals surface area contributed by atoms with Gasteiger partial charge in [0.1, 0.15) is 5.75 Å². The van der Waals surface area contributed by atoms with Crippen molar-refractivity contribution in [2.24, 2.45) is 0 Å². The Bertz CT molecular complexity index is 753. The van der Waals surface area contributed by atoms with Crippen molar-refractivity contribution in [2.45, 2.75) is 32.9 Å². The quantitative estimate of drug-likeness (QED) is 0.753. The predicted molar refractivity (Wildman–Crippen MR) is 110 cm³/mol. The average molecular weight is 413 g/mol. The molecule has 2 aromatic rings. The van der Waals surface area contributed by atoms with Crippen molar-refractivity contribution in [3.63, 3.8) is 0 Å². The fourth-order valence-electron chi connectivity index (χ4n) is 3.16. The van der Waals surface area contributed by atoms with Gasteiger partial charge in [-0.05, 0) is 45.0 Å². The maximum absolute atomic E-state index is 12.9. The first-order chi connectivity index (χ1) is 12.4. The predicted octanol–water partition coefficient (Wildman–Crippen LogP) is 3.48. The van der Waals surface area contributed by atoms with Gasteiger partial charge in [0.15, 0.2) is 5.60 Å². The third kappa shape index (κ3) is 4.87. The molecule has 2 heterocycles. The third-order valence-corrected chi connectivity index (χ3v) is 4.84. The van der Waals surface area contributed by atoms with Gasteiger partial charge in [-0.25, -0.2) is 4.98 Å². The van der Waals surface area contributed by atoms with Crippen molar-refractivity contribution in [1.29, 1.82) is 0 Å². The van der Waals surface area contributed by atoms with Gasteiger partial charge in [0.25, 0.3) is 5.91 Å². The van der Waals surface area contributed by atoms with Crippen LogP contribution in [-0.4, -0.2) is 52.1 Å². The van der Waals surface area contributed by atoms with Crippen LogP contribution in [0.5, 0.6) is 5.75 Å². The van der Waals surface area contributed by atoms with E-state index in [-0.39, 0.29) is 18.3 Å². The molecule has 1 saturated heterocycles. The molecule has 1 amide bonds. The first-order valence-electron chi connectivity index (χ1n) is 8.91. The molecular weight excluding hydrogens is 387 g/mol. The number of rotatable bonds is 5. The Hall–Kier alpha value is -1.92. The standard InChI is InChI=1S/C19H25ClN4O2.ClH/c1-4-22-10-9-21-18(22)24-13-11-23(12-14-24)17(25)19(2,3)26-16-7-5-15(20)6-8-16;/h5-10H,4,11-14H2,1-3H3;1H. The first kappa shape index (κ1) is 21.4. The summed E-state index contributed by atoms with van der Waals surface area (Å²) in [5, 5.41) is 0.642. The SMILES string of the molecule is CCn1ccnc1N1CCN(C(=O)C(C)(C)Oc2ccc(Cl)cc2)CC1.Cl. The third-order valence-electron chi connectivity index (χ3n) is 4.59. The van der Waals surface area contributed by atoms with Crippen LogP contribution in [0.25, 0.3) is 0 Å². The summed E-state index contributed by atoms with van der Waals surface area (Å²) in [5.41, 5.74) is -0.933. The molecule has 8 heteroatoms. The Labute approximate surface area is 171 Å². The lowest BCUT2D eigenvalue weighted by Crippen LogP contribution is -2.56. The molecule has 0 atom stereocenters. The first-order valence-corrected chi connectivity index (χ1v) is 9.28. The summed E-state index contributed by atoms with van der Waals surface area (Å²) in [6.45, 7) is 9.43. The number of aryl methyl sites for hydroxylation is 1. The van der Waals surface area contributed by atoms with Crippen LogP contribution < -0.4 is 9.64 Å². The van der Waals surface area contributed by atoms with Gasteiger partial charge in [0.2, 0.25) is 5.95 Å². The molecule has 148 valence electrons. The van der Waals surface area contributed by atoms with Crippen LogP contribution in [0.2, 0.25) is 5.02 Å². The van der Waals surface area contributed by atoms with E-state index in [4.69, 9.17) is 16.3 Å². The monoisotopic (exact) mass is 412 g/mol. The van der Waals surface area contributed by atoms with E-state index < -0.39 is 5.60 Å². The van der Waals surface area contributed by atoms with Crippen molar-refractivity contribution in [1.82, 2.24) is 14.5 Å². The van der Waals surface area contributed by atoms with Gasteiger partial charge >= 0.3 is 0 Å². The Morgan fingerprint density at radius 1 is 1.19 bits per heavy atom. The molecule has 3 rings (SSSR count). The lowest BCUT2D eigenvalue weighted by atomic mass is 10.1. The number of amides is 1. The number of benzene rings is 1. The molecule has 1 aliphatic rings. The maximum atomic E-state index is 12.9. The lowest BCUT2D eigenvalue weighted by Gasteiger charge is -2.39. The number of halogens is 2. The second kappa shape index (κ2) is 8.85. The second-order valence-corrected chi connectivity index (χ2v) is 7.30. The number of nitrogens with zero attached hydrogens (tertiary/aromatic N) is 4. The van der Waals surface area contributed by atoms with Crippen LogP contribution in [0.4, 0.5) is 5.95 Å². The highest BCUT2D eigenvalue weighted by molar-refractivity contribution is 6.30. The van der Waals surface area contributed by atoms with Crippen molar-refractivity contribution >= 4 is 35.9 Å². The van der Waals surface area contributed by atoms with E-state index in [0.29, 0.717) is 23.9 Å². The Morgan fingerprint density at radius 2 is 1.81 bits per heavy atom. The molecule has 1 fully saturated rings. The van der Waals surface area contributed by atoms with E-state index in [9.17, 15) is 4.79 Å². The molecule has 1 aromatic carbocycles. The molecular formula is C19H26Cl2N4O2. The highest BCUT2D eigenvalue weighted by Gasteiger charge is 2.36. The van der Waals surface area contributed by atoms with E-state index in [1.54, 1.807) is 38.1 Å². The Kier molecular flexibility index (Phi) is 7.00. The van der Waals surface area contributed by atoms with Crippen LogP contribution >= 0.6 is 24.0 Å². The van der Waals surface area contributed by atoms with Crippen LogP contribution in [-0.2, 0) is 11.3 Å². The van der Waals surface area contributed by atoms with E-state index in [1.807, 2.05) is 17.3 Å². The normalized spacial score (nSPS) is 14.7. The molecule has 0 aliphatic carbocycles. The molecule has 0 N–H and O–H groups in total. The molecule has 6 nitrogen and oxygen atoms in total. The van der Waals surface area contributed by atoms with E-state index in [0.717, 1.165) is 25.6 Å². The van der Waals surface area contributed by atoms with Crippen LogP contribution in [0.1, 0.15) is 20.8 Å². The highest BCUT2D eigenvalue weighted by atomic mass is 35.5. The largest absolute Gasteiger partial charge is 0.478 e. The topological polar surface area (TPSA) is 50.6 Å². The van der Waals surface area contributed by atoms with Crippen molar-refractivity contribution in [3.8, 4) is 5.75 Å². The summed E-state index contributed by atoms with van der Waals surface area (Å²) in [6.07, 6.45) is 3.80. The molecule has 0 spiro atoms. The van der Waals surface area contributed by atoms with Gasteiger partial charge in [0.05, 0.1) is 0 Å². The van der Waals surface area contributed by atoms with Gasteiger partial charge in [-0.2, -0.15) is 0 Å². The molecule has 27 heavy (non-hydrogen) atoms. The summed E-state index contributed by atoms with van der Waals surface area (Å²) < 4.78 is 8.04. The van der Waals surface area contributed by atoms with Crippen molar-refractivity contribution < 1.29 is 9.53 Å². The molecule has 0 radical (unpaired) electrons. The highest BCUT2D eigenvalue weighted by Crippen LogP contribution is 2.23. The smallest absolute Gasteiger partial charge is 0.266 e. The molecule has 1 aromatic heterocycles. The Balaban J connectivity index is 0.00000261. The summed E-state index contributed by atoms with van der Waals surface area (Å²) in [7, 11) is 0. The number of piperazine rings is 1. The van der Waals surface area contributed by atoms with Crippen molar-refractivity contribution in [3.05, 3.63) is 41.7 Å². The van der Waals surface area contributed by atoms with Crippen LogP contribution in [0.15, 0.2) is 36.7 Å². The number of carbonyl (C=O) groups is 1. The van der Waals surface area contributed by atoms with Gasteiger partial charge in [-0.1, -0.05) is 11.6 Å². The minimum absolute atomic E-state index is 0. The van der Waals surface area contributed by atoms with Crippen molar-refractivity contribution in [2.75, 3.05) is 31.1 Å². The molecule has 1 aliphatic heterocycles. The number of ether oxygens (including phenoxy) is 1. The van der Waals surface area contributed by atoms with Gasteiger partial charge in [-0.15, -0.1) is 12.4 Å². The fraction of sp³-hybridized carbons (Fsp3) is 0.474. The van der Waals surface area contributed by atoms with Gasteiger partial charge < -0.3 is 19.1 Å². The zero-order valence-corrected chi connectivity index (χ0v) is 17.5. The van der Waals surface area contributed by atoms with E-state index in [1.165, 1.54) is 0 Å². The van der Waals surface area contributed by atoms with Gasteiger partial charge in [-0.3, -0.25) is 4.79 Å². The molecule has 0 unspecified atom stereocenters. The van der Waals surface area contributed by atoms with E-state index in [2.05, 4.69) is 21.4 Å². The van der Waals surface area contributed by atoms with E-state index >= 15 is 0 Å². The summed E-state index contributed by atoms with van der Waals surface area (Å²) in [6, 6.07) is 7.07. The van der Waals surface area contributed by atoms with Crippen LogP contribution in [0, 0.1) is 0 Å². The second-order valence-electron chi connectivity index (χ2n) is 6.86. The maximum Gasteiger partial charge on any atom is 0.266 e. The number of anilines is 1. The zero-order chi connectivity index (χ0) is 18.7. The lowest BCUT2D eigenvalue weighted by molar-refractivity contribution is -0.145. The van der Waals surface area contributed by atoms with Crippen LogP contribution in [0.3, 0.4) is 0 Å². The summed E-state index contributed by atoms with van der Waals surface area (Å²) >= 11 is 5.90. The molecule has 0 bridgehead atoms. The number of hydrogen-bond acceptors (Lipinski definition) is 4. The molecule has 0 saturated carbocycles. The fourth-order valence-corrected chi connectivity index (χ4v) is 3.29. The number of carbonyl (C=O) groups excluding carboxylic acids is 1. The van der Waals surface area contributed by atoms with Gasteiger partial charge in [0, 0.05) is 50.1 Å². The number of hydrogen-bond donors (Lipinski definition) is 0. The minimum atomic E-state index is -0.933. The summed E-state index contributed by atoms with van der Waals surface area (Å²) in [4.78, 5) is 21.5. The zero-order valence-electron chi connectivity index (χ0n) is 15.9.